The number of rotatable bonds is 4. The van der Waals surface area contributed by atoms with Gasteiger partial charge < -0.3 is 9.22 Å². The lowest BCUT2D eigenvalue weighted by Gasteiger charge is -2.58. The van der Waals surface area contributed by atoms with Crippen LogP contribution in [0.5, 0.6) is 0 Å². The summed E-state index contributed by atoms with van der Waals surface area (Å²) in [5, 5.41) is 0.283. The number of aldehydes is 1. The third-order valence-corrected chi connectivity index (χ3v) is 15.8. The Morgan fingerprint density at radius 1 is 1.10 bits per heavy atom. The van der Waals surface area contributed by atoms with Crippen LogP contribution in [0.25, 0.3) is 0 Å². The second-order valence-corrected chi connectivity index (χ2v) is 18.5. The van der Waals surface area contributed by atoms with Crippen molar-refractivity contribution >= 4 is 14.6 Å². The van der Waals surface area contributed by atoms with Crippen molar-refractivity contribution < 1.29 is 9.22 Å². The van der Waals surface area contributed by atoms with Crippen LogP contribution in [0.1, 0.15) is 92.9 Å². The molecule has 0 radical (unpaired) electrons. The van der Waals surface area contributed by atoms with Gasteiger partial charge >= 0.3 is 0 Å². The van der Waals surface area contributed by atoms with E-state index in [0.717, 1.165) is 17.8 Å². The van der Waals surface area contributed by atoms with Gasteiger partial charge in [-0.3, -0.25) is 0 Å². The van der Waals surface area contributed by atoms with Crippen molar-refractivity contribution in [2.24, 2.45) is 40.4 Å². The first-order chi connectivity index (χ1) is 14.3. The van der Waals surface area contributed by atoms with Crippen molar-refractivity contribution in [3.63, 3.8) is 0 Å². The van der Waals surface area contributed by atoms with Crippen LogP contribution >= 0.6 is 0 Å². The molecule has 0 aromatic heterocycles. The Morgan fingerprint density at radius 2 is 1.81 bits per heavy atom. The number of carbonyl (C=O) groups is 1. The molecule has 0 bridgehead atoms. The van der Waals surface area contributed by atoms with Gasteiger partial charge in [-0.2, -0.15) is 0 Å². The molecule has 4 aliphatic carbocycles. The van der Waals surface area contributed by atoms with Crippen molar-refractivity contribution in [3.8, 4) is 0 Å². The molecule has 0 saturated heterocycles. The molecule has 4 aliphatic rings. The van der Waals surface area contributed by atoms with E-state index in [4.69, 9.17) is 4.43 Å². The van der Waals surface area contributed by atoms with E-state index in [1.807, 2.05) is 0 Å². The predicted molar refractivity (Wildman–Crippen MR) is 132 cm³/mol. The van der Waals surface area contributed by atoms with E-state index in [-0.39, 0.29) is 11.0 Å². The maximum atomic E-state index is 11.6. The molecular formula is C28H48O2Si. The van der Waals surface area contributed by atoms with Crippen molar-refractivity contribution in [2.45, 2.75) is 117 Å². The average Bonchev–Trinajstić information content (AvgIpc) is 3.04. The zero-order chi connectivity index (χ0) is 22.8. The first-order valence-electron chi connectivity index (χ1n) is 13.2. The summed E-state index contributed by atoms with van der Waals surface area (Å²) in [7, 11) is -1.71. The summed E-state index contributed by atoms with van der Waals surface area (Å²) in [6, 6.07) is 0. The van der Waals surface area contributed by atoms with Crippen LogP contribution in [0.3, 0.4) is 0 Å². The normalized spacial score (nSPS) is 44.0. The molecule has 0 spiro atoms. The minimum absolute atomic E-state index is 0.222. The van der Waals surface area contributed by atoms with Crippen LogP contribution in [-0.2, 0) is 9.22 Å². The molecule has 3 saturated carbocycles. The molecule has 3 fully saturated rings. The van der Waals surface area contributed by atoms with Crippen LogP contribution in [0.15, 0.2) is 11.6 Å². The van der Waals surface area contributed by atoms with Gasteiger partial charge in [0.1, 0.15) is 6.29 Å². The highest BCUT2D eigenvalue weighted by Crippen LogP contribution is 2.67. The first-order valence-corrected chi connectivity index (χ1v) is 16.1. The number of allylic oxidation sites excluding steroid dienone is 1. The fourth-order valence-corrected chi connectivity index (χ4v) is 9.71. The molecule has 0 aromatic carbocycles. The van der Waals surface area contributed by atoms with Crippen molar-refractivity contribution in [3.05, 3.63) is 11.6 Å². The van der Waals surface area contributed by atoms with E-state index in [9.17, 15) is 4.79 Å². The van der Waals surface area contributed by atoms with E-state index >= 15 is 0 Å². The smallest absolute Gasteiger partial charge is 0.192 e. The van der Waals surface area contributed by atoms with Crippen LogP contribution in [0.4, 0.5) is 0 Å². The van der Waals surface area contributed by atoms with Gasteiger partial charge in [0.2, 0.25) is 0 Å². The number of fused-ring (bicyclic) bond motifs is 5. The topological polar surface area (TPSA) is 26.3 Å². The van der Waals surface area contributed by atoms with Crippen molar-refractivity contribution in [1.29, 1.82) is 0 Å². The van der Waals surface area contributed by atoms with E-state index in [0.29, 0.717) is 22.9 Å². The zero-order valence-corrected chi connectivity index (χ0v) is 22.6. The monoisotopic (exact) mass is 444 g/mol. The van der Waals surface area contributed by atoms with Gasteiger partial charge in [-0.05, 0) is 104 Å². The molecule has 3 heteroatoms. The summed E-state index contributed by atoms with van der Waals surface area (Å²) in [5.74, 6) is 3.30. The molecule has 31 heavy (non-hydrogen) atoms. The average molecular weight is 445 g/mol. The Labute approximate surface area is 193 Å². The van der Waals surface area contributed by atoms with E-state index < -0.39 is 8.32 Å². The Morgan fingerprint density at radius 3 is 2.45 bits per heavy atom. The van der Waals surface area contributed by atoms with Gasteiger partial charge in [-0.15, -0.1) is 0 Å². The molecule has 0 N–H and O–H groups in total. The summed E-state index contributed by atoms with van der Waals surface area (Å²) < 4.78 is 6.88. The summed E-state index contributed by atoms with van der Waals surface area (Å²) in [6.07, 6.45) is 14.6. The molecule has 0 aromatic rings. The highest BCUT2D eigenvalue weighted by molar-refractivity contribution is 6.74. The standard InChI is InChI=1S/C28H48O2Si/c1-19(18-29)23-11-12-24-22-10-9-20-17-21(30-31(7,8)26(2,3)4)13-15-27(20,5)25(22)14-16-28(23,24)6/h9,18-19,21-25H,10-17H2,1-8H3. The van der Waals surface area contributed by atoms with Gasteiger partial charge in [0.15, 0.2) is 8.32 Å². The Balaban J connectivity index is 1.53. The minimum atomic E-state index is -1.71. The lowest BCUT2D eigenvalue weighted by molar-refractivity contribution is -0.115. The second-order valence-electron chi connectivity index (χ2n) is 13.7. The fourth-order valence-electron chi connectivity index (χ4n) is 8.32. The fraction of sp³-hybridized carbons (Fsp3) is 0.893. The number of carbonyl (C=O) groups excluding carboxylic acids is 1. The van der Waals surface area contributed by atoms with Crippen LogP contribution in [0.2, 0.25) is 18.1 Å². The highest BCUT2D eigenvalue weighted by Gasteiger charge is 2.59. The van der Waals surface area contributed by atoms with E-state index in [2.05, 4.69) is 60.7 Å². The molecular weight excluding hydrogens is 396 g/mol. The third kappa shape index (κ3) is 3.74. The molecule has 176 valence electrons. The summed E-state index contributed by atoms with van der Waals surface area (Å²) in [5.41, 5.74) is 2.49. The lowest BCUT2D eigenvalue weighted by atomic mass is 9.47. The Bertz CT molecular complexity index is 734. The van der Waals surface area contributed by atoms with Crippen LogP contribution in [-0.4, -0.2) is 20.7 Å². The number of hydrogen-bond donors (Lipinski definition) is 0. The molecule has 0 amide bonds. The minimum Gasteiger partial charge on any atom is -0.414 e. The van der Waals surface area contributed by atoms with Gasteiger partial charge in [0.25, 0.3) is 0 Å². The summed E-state index contributed by atoms with van der Waals surface area (Å²) in [4.78, 5) is 11.6. The predicted octanol–water partition coefficient (Wildman–Crippen LogP) is 7.79. The third-order valence-electron chi connectivity index (χ3n) is 11.2. The van der Waals surface area contributed by atoms with E-state index in [1.165, 1.54) is 57.7 Å². The van der Waals surface area contributed by atoms with Gasteiger partial charge in [0, 0.05) is 12.0 Å². The maximum absolute atomic E-state index is 11.6. The van der Waals surface area contributed by atoms with Gasteiger partial charge in [-0.25, -0.2) is 0 Å². The largest absolute Gasteiger partial charge is 0.414 e. The molecule has 8 atom stereocenters. The van der Waals surface area contributed by atoms with Gasteiger partial charge in [0.05, 0.1) is 0 Å². The molecule has 0 heterocycles. The highest BCUT2D eigenvalue weighted by atomic mass is 28.4. The number of hydrogen-bond acceptors (Lipinski definition) is 2. The lowest BCUT2D eigenvalue weighted by Crippen LogP contribution is -2.52. The van der Waals surface area contributed by atoms with Crippen LogP contribution in [0, 0.1) is 40.4 Å². The first kappa shape index (κ1) is 23.7. The van der Waals surface area contributed by atoms with Crippen LogP contribution < -0.4 is 0 Å². The Kier molecular flexibility index (Phi) is 5.99. The molecule has 4 rings (SSSR count). The quantitative estimate of drug-likeness (QED) is 0.251. The van der Waals surface area contributed by atoms with E-state index in [1.54, 1.807) is 5.57 Å². The zero-order valence-electron chi connectivity index (χ0n) is 21.6. The SMILES string of the molecule is CC(C=O)C1CCC2C3CC=C4CC(O[Si](C)(C)C(C)(C)C)CCC4(C)C3CCC12C. The summed E-state index contributed by atoms with van der Waals surface area (Å²) >= 11 is 0. The molecule has 8 unspecified atom stereocenters. The molecule has 0 aliphatic heterocycles. The molecule has 2 nitrogen and oxygen atoms in total. The van der Waals surface area contributed by atoms with Crippen molar-refractivity contribution in [1.82, 2.24) is 0 Å². The maximum Gasteiger partial charge on any atom is 0.192 e. The second kappa shape index (κ2) is 7.83. The van der Waals surface area contributed by atoms with Gasteiger partial charge in [-0.1, -0.05) is 53.2 Å². The Hall–Kier alpha value is -0.413. The van der Waals surface area contributed by atoms with Crippen molar-refractivity contribution in [2.75, 3.05) is 0 Å². The summed E-state index contributed by atoms with van der Waals surface area (Å²) in [6.45, 7) is 19.2.